The summed E-state index contributed by atoms with van der Waals surface area (Å²) in [4.78, 5) is 25.4. The topological polar surface area (TPSA) is 67.9 Å². The maximum absolute atomic E-state index is 12.7. The number of benzene rings is 2. The quantitative estimate of drug-likeness (QED) is 0.808. The molecular weight excluding hydrogens is 377 g/mol. The summed E-state index contributed by atoms with van der Waals surface area (Å²) in [7, 11) is 2.90. The number of hydrogen-bond acceptors (Lipinski definition) is 4. The molecule has 150 valence electrons. The number of ether oxygens (including phenoxy) is 2. The van der Waals surface area contributed by atoms with Crippen LogP contribution in [0.4, 0.5) is 24.5 Å². The minimum atomic E-state index is -4.49. The maximum Gasteiger partial charge on any atom is 0.416 e. The number of methoxy groups -OCH3 is 2. The van der Waals surface area contributed by atoms with Gasteiger partial charge in [-0.3, -0.25) is 9.59 Å². The van der Waals surface area contributed by atoms with Gasteiger partial charge in [0.15, 0.2) is 0 Å². The lowest BCUT2D eigenvalue weighted by Gasteiger charge is -2.21. The molecule has 0 aromatic heterocycles. The lowest BCUT2D eigenvalue weighted by molar-refractivity contribution is -0.137. The predicted molar refractivity (Wildman–Crippen MR) is 97.6 cm³/mol. The van der Waals surface area contributed by atoms with Crippen LogP contribution in [0.15, 0.2) is 42.5 Å². The van der Waals surface area contributed by atoms with Crippen molar-refractivity contribution in [3.63, 3.8) is 0 Å². The third kappa shape index (κ3) is 5.15. The molecule has 1 N–H and O–H groups in total. The highest BCUT2D eigenvalue weighted by Gasteiger charge is 2.30. The Labute approximate surface area is 159 Å². The fraction of sp³-hybridized carbons (Fsp3) is 0.263. The van der Waals surface area contributed by atoms with Crippen molar-refractivity contribution in [3.05, 3.63) is 48.0 Å². The molecule has 0 saturated carbocycles. The lowest BCUT2D eigenvalue weighted by atomic mass is 10.2. The minimum absolute atomic E-state index is 0.174. The van der Waals surface area contributed by atoms with Crippen molar-refractivity contribution in [2.45, 2.75) is 13.1 Å². The summed E-state index contributed by atoms with van der Waals surface area (Å²) >= 11 is 0. The fourth-order valence-electron chi connectivity index (χ4n) is 2.46. The van der Waals surface area contributed by atoms with Gasteiger partial charge < -0.3 is 19.7 Å². The Balaban J connectivity index is 2.19. The van der Waals surface area contributed by atoms with Gasteiger partial charge >= 0.3 is 6.18 Å². The second-order valence-electron chi connectivity index (χ2n) is 5.76. The maximum atomic E-state index is 12.7. The number of hydrogen-bond donors (Lipinski definition) is 1. The van der Waals surface area contributed by atoms with E-state index in [1.165, 1.54) is 21.1 Å². The van der Waals surface area contributed by atoms with Gasteiger partial charge in [-0.25, -0.2) is 0 Å². The Kier molecular flexibility index (Phi) is 6.50. The van der Waals surface area contributed by atoms with E-state index in [-0.39, 0.29) is 12.2 Å². The number of nitrogens with one attached hydrogen (secondary N) is 1. The number of carbonyl (C=O) groups is 2. The van der Waals surface area contributed by atoms with Crippen LogP contribution in [0.25, 0.3) is 0 Å². The molecule has 0 unspecified atom stereocenters. The molecule has 0 bridgehead atoms. The first-order valence-electron chi connectivity index (χ1n) is 8.13. The van der Waals surface area contributed by atoms with Crippen molar-refractivity contribution >= 4 is 23.2 Å². The van der Waals surface area contributed by atoms with Crippen molar-refractivity contribution in [1.82, 2.24) is 0 Å². The standard InChI is InChI=1S/C19H19F3N2O4/c1-12(25)24(14-6-4-13(5-7-14)19(20,21)22)11-18(26)23-16-10-15(27-2)8-9-17(16)28-3/h4-10H,11H2,1-3H3,(H,23,26). The van der Waals surface area contributed by atoms with E-state index in [2.05, 4.69) is 5.32 Å². The summed E-state index contributed by atoms with van der Waals surface area (Å²) in [5, 5.41) is 2.61. The molecule has 28 heavy (non-hydrogen) atoms. The average molecular weight is 396 g/mol. The fourth-order valence-corrected chi connectivity index (χ4v) is 2.46. The number of alkyl halides is 3. The lowest BCUT2D eigenvalue weighted by Crippen LogP contribution is -2.36. The Morgan fingerprint density at radius 2 is 1.68 bits per heavy atom. The molecule has 9 heteroatoms. The first kappa shape index (κ1) is 21.1. The van der Waals surface area contributed by atoms with Gasteiger partial charge in [-0.2, -0.15) is 13.2 Å². The number of carbonyl (C=O) groups excluding carboxylic acids is 2. The third-order valence-corrected chi connectivity index (χ3v) is 3.87. The molecular formula is C19H19F3N2O4. The summed E-state index contributed by atoms with van der Waals surface area (Å²) in [5.74, 6) is -0.172. The van der Waals surface area contributed by atoms with Gasteiger partial charge in [-0.15, -0.1) is 0 Å². The van der Waals surface area contributed by atoms with Crippen molar-refractivity contribution in [2.24, 2.45) is 0 Å². The number of halogens is 3. The third-order valence-electron chi connectivity index (χ3n) is 3.87. The Hall–Kier alpha value is -3.23. The molecule has 0 heterocycles. The van der Waals surface area contributed by atoms with E-state index < -0.39 is 23.6 Å². The largest absolute Gasteiger partial charge is 0.497 e. The Morgan fingerprint density at radius 1 is 1.04 bits per heavy atom. The van der Waals surface area contributed by atoms with Crippen LogP contribution in [0.1, 0.15) is 12.5 Å². The molecule has 0 fully saturated rings. The molecule has 0 aliphatic carbocycles. The van der Waals surface area contributed by atoms with Crippen LogP contribution in [0.3, 0.4) is 0 Å². The van der Waals surface area contributed by atoms with E-state index in [1.54, 1.807) is 18.2 Å². The van der Waals surface area contributed by atoms with Gasteiger partial charge in [-0.05, 0) is 36.4 Å². The second kappa shape index (κ2) is 8.64. The molecule has 0 spiro atoms. The average Bonchev–Trinajstić information content (AvgIpc) is 2.65. The van der Waals surface area contributed by atoms with Crippen LogP contribution in [-0.2, 0) is 15.8 Å². The van der Waals surface area contributed by atoms with E-state index >= 15 is 0 Å². The van der Waals surface area contributed by atoms with Gasteiger partial charge in [0.05, 0.1) is 25.5 Å². The molecule has 2 aromatic rings. The molecule has 2 amide bonds. The van der Waals surface area contributed by atoms with E-state index in [1.807, 2.05) is 0 Å². The number of rotatable bonds is 6. The monoisotopic (exact) mass is 396 g/mol. The molecule has 6 nitrogen and oxygen atoms in total. The number of anilines is 2. The highest BCUT2D eigenvalue weighted by Crippen LogP contribution is 2.31. The van der Waals surface area contributed by atoms with Gasteiger partial charge in [-0.1, -0.05) is 0 Å². The van der Waals surface area contributed by atoms with E-state index in [9.17, 15) is 22.8 Å². The summed E-state index contributed by atoms with van der Waals surface area (Å²) in [6.07, 6.45) is -4.49. The normalized spacial score (nSPS) is 10.9. The second-order valence-corrected chi connectivity index (χ2v) is 5.76. The number of nitrogens with zero attached hydrogens (tertiary/aromatic N) is 1. The molecule has 2 aromatic carbocycles. The van der Waals surface area contributed by atoms with Crippen molar-refractivity contribution in [2.75, 3.05) is 31.0 Å². The minimum Gasteiger partial charge on any atom is -0.497 e. The summed E-state index contributed by atoms with van der Waals surface area (Å²) in [6, 6.07) is 8.80. The van der Waals surface area contributed by atoms with Crippen molar-refractivity contribution in [1.29, 1.82) is 0 Å². The molecule has 0 radical (unpaired) electrons. The molecule has 0 aliphatic rings. The van der Waals surface area contributed by atoms with Gasteiger partial charge in [0.2, 0.25) is 11.8 Å². The summed E-state index contributed by atoms with van der Waals surface area (Å²) in [5.41, 5.74) is -0.332. The van der Waals surface area contributed by atoms with Crippen LogP contribution in [0, 0.1) is 0 Å². The van der Waals surface area contributed by atoms with Crippen LogP contribution in [-0.4, -0.2) is 32.6 Å². The van der Waals surface area contributed by atoms with E-state index in [0.717, 1.165) is 29.2 Å². The van der Waals surface area contributed by atoms with Crippen LogP contribution >= 0.6 is 0 Å². The van der Waals surface area contributed by atoms with Gasteiger partial charge in [0.25, 0.3) is 0 Å². The zero-order chi connectivity index (χ0) is 20.9. The zero-order valence-electron chi connectivity index (χ0n) is 15.5. The summed E-state index contributed by atoms with van der Waals surface area (Å²) in [6.45, 7) is 0.831. The molecule has 0 aliphatic heterocycles. The molecule has 0 saturated heterocycles. The first-order chi connectivity index (χ1) is 13.2. The predicted octanol–water partition coefficient (Wildman–Crippen LogP) is 3.71. The first-order valence-corrected chi connectivity index (χ1v) is 8.13. The molecule has 2 rings (SSSR count). The SMILES string of the molecule is COc1ccc(OC)c(NC(=O)CN(C(C)=O)c2ccc(C(F)(F)F)cc2)c1. The van der Waals surface area contributed by atoms with Crippen LogP contribution in [0.5, 0.6) is 11.5 Å². The summed E-state index contributed by atoms with van der Waals surface area (Å²) < 4.78 is 48.4. The van der Waals surface area contributed by atoms with Crippen molar-refractivity contribution in [3.8, 4) is 11.5 Å². The number of amides is 2. The Morgan fingerprint density at radius 3 is 2.18 bits per heavy atom. The Bertz CT molecular complexity index is 851. The van der Waals surface area contributed by atoms with E-state index in [0.29, 0.717) is 17.2 Å². The van der Waals surface area contributed by atoms with Gasteiger partial charge in [0, 0.05) is 18.7 Å². The highest BCUT2D eigenvalue weighted by molar-refractivity contribution is 6.02. The van der Waals surface area contributed by atoms with Gasteiger partial charge in [0.1, 0.15) is 18.0 Å². The molecule has 0 atom stereocenters. The van der Waals surface area contributed by atoms with Crippen molar-refractivity contribution < 1.29 is 32.2 Å². The van der Waals surface area contributed by atoms with Crippen LogP contribution < -0.4 is 19.7 Å². The highest BCUT2D eigenvalue weighted by atomic mass is 19.4. The zero-order valence-corrected chi connectivity index (χ0v) is 15.5. The smallest absolute Gasteiger partial charge is 0.416 e. The van der Waals surface area contributed by atoms with E-state index in [4.69, 9.17) is 9.47 Å². The van der Waals surface area contributed by atoms with Crippen LogP contribution in [0.2, 0.25) is 0 Å².